The van der Waals surface area contributed by atoms with Crippen molar-refractivity contribution >= 4 is 5.91 Å². The molecular weight excluding hydrogens is 384 g/mol. The van der Waals surface area contributed by atoms with Crippen LogP contribution in [0.1, 0.15) is 50.8 Å². The SMILES string of the molecule is Cc1cc(-c2cc(=O)n([C@@H](C)C(=O)N3CCCCCCC3)nc2-c2ccco2)on1. The Morgan fingerprint density at radius 1 is 1.10 bits per heavy atom. The second kappa shape index (κ2) is 8.69. The van der Waals surface area contributed by atoms with Gasteiger partial charge in [-0.3, -0.25) is 9.59 Å². The van der Waals surface area contributed by atoms with Crippen molar-refractivity contribution in [2.45, 2.75) is 52.0 Å². The number of furan rings is 1. The van der Waals surface area contributed by atoms with Crippen molar-refractivity contribution < 1.29 is 13.7 Å². The number of carbonyl (C=O) groups excluding carboxylic acids is 1. The predicted octanol–water partition coefficient (Wildman–Crippen LogP) is 3.82. The van der Waals surface area contributed by atoms with E-state index in [0.29, 0.717) is 28.5 Å². The number of rotatable bonds is 4. The maximum atomic E-state index is 13.1. The highest BCUT2D eigenvalue weighted by Gasteiger charge is 2.26. The lowest BCUT2D eigenvalue weighted by Crippen LogP contribution is -2.41. The van der Waals surface area contributed by atoms with Gasteiger partial charge in [-0.05, 0) is 38.8 Å². The zero-order chi connectivity index (χ0) is 21.1. The zero-order valence-electron chi connectivity index (χ0n) is 17.3. The summed E-state index contributed by atoms with van der Waals surface area (Å²) in [5.74, 6) is 0.831. The number of hydrogen-bond donors (Lipinski definition) is 0. The van der Waals surface area contributed by atoms with Gasteiger partial charge in [0.15, 0.2) is 11.5 Å². The number of aromatic nitrogens is 3. The minimum absolute atomic E-state index is 0.0832. The molecule has 0 saturated carbocycles. The molecule has 1 aliphatic heterocycles. The second-order valence-electron chi connectivity index (χ2n) is 7.77. The summed E-state index contributed by atoms with van der Waals surface area (Å²) < 4.78 is 12.1. The van der Waals surface area contributed by atoms with Crippen LogP contribution in [0, 0.1) is 6.92 Å². The molecule has 4 rings (SSSR count). The summed E-state index contributed by atoms with van der Waals surface area (Å²) in [6, 6.07) is 5.96. The molecule has 3 aromatic heterocycles. The van der Waals surface area contributed by atoms with Gasteiger partial charge in [-0.25, -0.2) is 4.68 Å². The van der Waals surface area contributed by atoms with Crippen LogP contribution < -0.4 is 5.56 Å². The van der Waals surface area contributed by atoms with E-state index in [4.69, 9.17) is 8.94 Å². The lowest BCUT2D eigenvalue weighted by Gasteiger charge is -2.28. The van der Waals surface area contributed by atoms with Gasteiger partial charge in [-0.15, -0.1) is 0 Å². The van der Waals surface area contributed by atoms with Crippen molar-refractivity contribution in [1.82, 2.24) is 19.8 Å². The molecule has 0 aliphatic carbocycles. The molecule has 0 N–H and O–H groups in total. The molecular formula is C22H26N4O4. The number of hydrogen-bond acceptors (Lipinski definition) is 6. The molecule has 1 aliphatic rings. The van der Waals surface area contributed by atoms with Crippen molar-refractivity contribution in [2.75, 3.05) is 13.1 Å². The molecule has 30 heavy (non-hydrogen) atoms. The van der Waals surface area contributed by atoms with Crippen molar-refractivity contribution in [3.63, 3.8) is 0 Å². The summed E-state index contributed by atoms with van der Waals surface area (Å²) in [4.78, 5) is 27.9. The van der Waals surface area contributed by atoms with Crippen LogP contribution in [-0.4, -0.2) is 38.8 Å². The Morgan fingerprint density at radius 3 is 2.47 bits per heavy atom. The molecule has 0 unspecified atom stereocenters. The highest BCUT2D eigenvalue weighted by Crippen LogP contribution is 2.30. The van der Waals surface area contributed by atoms with Crippen molar-refractivity contribution in [1.29, 1.82) is 0 Å². The zero-order valence-corrected chi connectivity index (χ0v) is 17.3. The topological polar surface area (TPSA) is 94.4 Å². The van der Waals surface area contributed by atoms with E-state index < -0.39 is 6.04 Å². The van der Waals surface area contributed by atoms with Crippen LogP contribution in [0.5, 0.6) is 0 Å². The molecule has 158 valence electrons. The average Bonchev–Trinajstić information content (AvgIpc) is 3.38. The third-order valence-corrected chi connectivity index (χ3v) is 5.50. The number of likely N-dealkylation sites (tertiary alicyclic amines) is 1. The van der Waals surface area contributed by atoms with Crippen LogP contribution in [0.2, 0.25) is 0 Å². The van der Waals surface area contributed by atoms with E-state index in [2.05, 4.69) is 10.3 Å². The maximum absolute atomic E-state index is 13.1. The van der Waals surface area contributed by atoms with E-state index in [1.807, 2.05) is 4.90 Å². The summed E-state index contributed by atoms with van der Waals surface area (Å²) in [6.07, 6.45) is 6.99. The van der Waals surface area contributed by atoms with Crippen LogP contribution in [0.25, 0.3) is 22.8 Å². The standard InChI is InChI=1S/C22H26N4O4/c1-15-13-19(30-24-15)17-14-20(27)26(23-21(17)18-9-8-12-29-18)16(2)22(28)25-10-6-4-3-5-7-11-25/h8-9,12-14,16H,3-7,10-11H2,1-2H3/t16-/m0/s1. The third kappa shape index (κ3) is 4.08. The first-order valence-corrected chi connectivity index (χ1v) is 10.4. The summed E-state index contributed by atoms with van der Waals surface area (Å²) in [5, 5.41) is 8.44. The Morgan fingerprint density at radius 2 is 1.83 bits per heavy atom. The highest BCUT2D eigenvalue weighted by molar-refractivity contribution is 5.80. The normalized spacial score (nSPS) is 16.1. The Bertz CT molecular complexity index is 1060. The van der Waals surface area contributed by atoms with Crippen LogP contribution in [0.4, 0.5) is 0 Å². The number of amides is 1. The molecule has 3 aromatic rings. The number of carbonyl (C=O) groups is 1. The van der Waals surface area contributed by atoms with Gasteiger partial charge in [0.2, 0.25) is 5.91 Å². The van der Waals surface area contributed by atoms with Crippen LogP contribution in [0.15, 0.2) is 44.3 Å². The second-order valence-corrected chi connectivity index (χ2v) is 7.77. The summed E-state index contributed by atoms with van der Waals surface area (Å²) in [6.45, 7) is 4.97. The molecule has 4 heterocycles. The van der Waals surface area contributed by atoms with Gasteiger partial charge in [-0.1, -0.05) is 24.4 Å². The van der Waals surface area contributed by atoms with E-state index in [1.54, 1.807) is 32.0 Å². The molecule has 0 aromatic carbocycles. The molecule has 0 radical (unpaired) electrons. The summed E-state index contributed by atoms with van der Waals surface area (Å²) in [5.41, 5.74) is 1.24. The first kappa shape index (κ1) is 20.1. The number of nitrogens with zero attached hydrogens (tertiary/aromatic N) is 4. The van der Waals surface area contributed by atoms with Crippen molar-refractivity contribution in [3.05, 3.63) is 46.6 Å². The van der Waals surface area contributed by atoms with E-state index in [1.165, 1.54) is 23.4 Å². The lowest BCUT2D eigenvalue weighted by atomic mass is 10.1. The summed E-state index contributed by atoms with van der Waals surface area (Å²) >= 11 is 0. The van der Waals surface area contributed by atoms with Gasteiger partial charge in [0.25, 0.3) is 5.56 Å². The van der Waals surface area contributed by atoms with Gasteiger partial charge in [0, 0.05) is 25.2 Å². The Kier molecular flexibility index (Phi) is 5.83. The van der Waals surface area contributed by atoms with Gasteiger partial charge >= 0.3 is 0 Å². The Hall–Kier alpha value is -3.16. The van der Waals surface area contributed by atoms with Crippen LogP contribution in [-0.2, 0) is 4.79 Å². The molecule has 1 atom stereocenters. The molecule has 1 amide bonds. The van der Waals surface area contributed by atoms with Gasteiger partial charge in [0.05, 0.1) is 17.5 Å². The predicted molar refractivity (Wildman–Crippen MR) is 111 cm³/mol. The van der Waals surface area contributed by atoms with Gasteiger partial charge < -0.3 is 13.8 Å². The molecule has 0 bridgehead atoms. The van der Waals surface area contributed by atoms with Gasteiger partial charge in [-0.2, -0.15) is 5.10 Å². The van der Waals surface area contributed by atoms with Crippen molar-refractivity contribution in [2.24, 2.45) is 0 Å². The molecule has 0 spiro atoms. The largest absolute Gasteiger partial charge is 0.463 e. The fraction of sp³-hybridized carbons (Fsp3) is 0.455. The van der Waals surface area contributed by atoms with E-state index in [-0.39, 0.29) is 11.5 Å². The molecule has 1 saturated heterocycles. The minimum Gasteiger partial charge on any atom is -0.463 e. The van der Waals surface area contributed by atoms with E-state index >= 15 is 0 Å². The minimum atomic E-state index is -0.712. The summed E-state index contributed by atoms with van der Waals surface area (Å²) in [7, 11) is 0. The smallest absolute Gasteiger partial charge is 0.268 e. The Balaban J connectivity index is 1.72. The van der Waals surface area contributed by atoms with Crippen molar-refractivity contribution in [3.8, 4) is 22.8 Å². The molecule has 8 heteroatoms. The number of aryl methyl sites for hydroxylation is 1. The molecule has 1 fully saturated rings. The quantitative estimate of drug-likeness (QED) is 0.649. The highest BCUT2D eigenvalue weighted by atomic mass is 16.5. The monoisotopic (exact) mass is 410 g/mol. The van der Waals surface area contributed by atoms with E-state index in [0.717, 1.165) is 38.8 Å². The van der Waals surface area contributed by atoms with Gasteiger partial charge in [0.1, 0.15) is 11.7 Å². The first-order valence-electron chi connectivity index (χ1n) is 10.4. The average molecular weight is 410 g/mol. The lowest BCUT2D eigenvalue weighted by molar-refractivity contribution is -0.135. The van der Waals surface area contributed by atoms with E-state index in [9.17, 15) is 9.59 Å². The fourth-order valence-electron chi connectivity index (χ4n) is 3.86. The fourth-order valence-corrected chi connectivity index (χ4v) is 3.86. The molecule has 8 nitrogen and oxygen atoms in total. The van der Waals surface area contributed by atoms with Crippen LogP contribution in [0.3, 0.4) is 0 Å². The Labute approximate surface area is 174 Å². The maximum Gasteiger partial charge on any atom is 0.268 e. The van der Waals surface area contributed by atoms with Crippen LogP contribution >= 0.6 is 0 Å². The third-order valence-electron chi connectivity index (χ3n) is 5.50. The first-order chi connectivity index (χ1) is 14.5.